The van der Waals surface area contributed by atoms with Gasteiger partial charge in [-0.25, -0.2) is 0 Å². The fourth-order valence-corrected chi connectivity index (χ4v) is 1.88. The standard InChI is InChI=1S/C13H8BrNO3/c1-8-11(3-2-6-15-17)18-12-5-4-9(14)7-10(12)13(8)16/h2-7H,1H2/b6-2-,11-3+. The first-order chi connectivity index (χ1) is 8.63. The van der Waals surface area contributed by atoms with Gasteiger partial charge in [0.25, 0.3) is 0 Å². The molecule has 0 aliphatic heterocycles. The normalized spacial score (nSPS) is 12.4. The molecule has 90 valence electrons. The molecular formula is C13H8BrNO3. The van der Waals surface area contributed by atoms with E-state index in [1.807, 2.05) is 0 Å². The molecule has 0 radical (unpaired) electrons. The highest BCUT2D eigenvalue weighted by molar-refractivity contribution is 9.10. The predicted octanol–water partition coefficient (Wildman–Crippen LogP) is 2.03. The van der Waals surface area contributed by atoms with Gasteiger partial charge in [0.2, 0.25) is 0 Å². The minimum atomic E-state index is -0.198. The summed E-state index contributed by atoms with van der Waals surface area (Å²) in [6, 6.07) is 5.16. The van der Waals surface area contributed by atoms with E-state index < -0.39 is 0 Å². The van der Waals surface area contributed by atoms with Crippen LogP contribution in [0, 0.1) is 4.91 Å². The quantitative estimate of drug-likeness (QED) is 0.798. The monoisotopic (exact) mass is 305 g/mol. The highest BCUT2D eigenvalue weighted by Crippen LogP contribution is 2.14. The summed E-state index contributed by atoms with van der Waals surface area (Å²) in [6.45, 7) is 3.68. The molecule has 0 unspecified atom stereocenters. The van der Waals surface area contributed by atoms with Crippen molar-refractivity contribution in [3.05, 3.63) is 60.7 Å². The summed E-state index contributed by atoms with van der Waals surface area (Å²) in [5.41, 5.74) is 0.584. The molecule has 0 spiro atoms. The first-order valence-corrected chi connectivity index (χ1v) is 5.83. The number of nitroso groups, excluding NO2 is 1. The maximum Gasteiger partial charge on any atom is 0.199 e. The van der Waals surface area contributed by atoms with Crippen LogP contribution in [0.3, 0.4) is 0 Å². The molecule has 0 N–H and O–H groups in total. The molecule has 0 saturated carbocycles. The maximum absolute atomic E-state index is 12.1. The first-order valence-electron chi connectivity index (χ1n) is 5.04. The van der Waals surface area contributed by atoms with E-state index in [0.717, 1.165) is 10.7 Å². The molecule has 0 fully saturated rings. The minimum Gasteiger partial charge on any atom is -0.456 e. The molecule has 1 aromatic heterocycles. The molecule has 0 bridgehead atoms. The average Bonchev–Trinajstić information content (AvgIpc) is 2.36. The Balaban J connectivity index is 2.84. The van der Waals surface area contributed by atoms with Crippen LogP contribution in [0.5, 0.6) is 0 Å². The van der Waals surface area contributed by atoms with E-state index in [1.165, 1.54) is 12.2 Å². The number of nitrogens with zero attached hydrogens (tertiary/aromatic N) is 1. The third-order valence-corrected chi connectivity index (χ3v) is 2.87. The topological polar surface area (TPSA) is 59.6 Å². The average molecular weight is 306 g/mol. The van der Waals surface area contributed by atoms with Crippen LogP contribution in [0.1, 0.15) is 0 Å². The highest BCUT2D eigenvalue weighted by Gasteiger charge is 2.03. The Hall–Kier alpha value is -2.01. The van der Waals surface area contributed by atoms with E-state index in [0.29, 0.717) is 16.4 Å². The number of benzene rings is 1. The number of hydrogen-bond donors (Lipinski definition) is 0. The molecule has 4 nitrogen and oxygen atoms in total. The zero-order valence-corrected chi connectivity index (χ0v) is 10.8. The first kappa shape index (κ1) is 12.4. The zero-order valence-electron chi connectivity index (χ0n) is 9.22. The van der Waals surface area contributed by atoms with Crippen molar-refractivity contribution in [2.45, 2.75) is 0 Å². The smallest absolute Gasteiger partial charge is 0.199 e. The van der Waals surface area contributed by atoms with E-state index >= 15 is 0 Å². The summed E-state index contributed by atoms with van der Waals surface area (Å²) in [6.07, 6.45) is 3.93. The van der Waals surface area contributed by atoms with Gasteiger partial charge in [-0.1, -0.05) is 22.5 Å². The van der Waals surface area contributed by atoms with Crippen molar-refractivity contribution in [1.29, 1.82) is 0 Å². The second-order valence-electron chi connectivity index (χ2n) is 3.53. The van der Waals surface area contributed by atoms with Crippen LogP contribution in [-0.2, 0) is 0 Å². The number of hydrogen-bond acceptors (Lipinski definition) is 4. The Morgan fingerprint density at radius 2 is 2.17 bits per heavy atom. The minimum absolute atomic E-state index is 0.198. The maximum atomic E-state index is 12.1. The SMILES string of the molecule is C=c1c(=O)c2cc(Br)ccc2o/c1=C/C=C\N=O. The number of allylic oxidation sites excluding steroid dienone is 1. The molecule has 2 aromatic rings. The molecule has 0 saturated heterocycles. The predicted molar refractivity (Wildman–Crippen MR) is 74.4 cm³/mol. The third kappa shape index (κ3) is 2.31. The van der Waals surface area contributed by atoms with E-state index in [4.69, 9.17) is 4.42 Å². The van der Waals surface area contributed by atoms with E-state index in [2.05, 4.69) is 27.7 Å². The lowest BCUT2D eigenvalue weighted by molar-refractivity contribution is 0.559. The molecule has 1 heterocycles. The molecule has 0 amide bonds. The lowest BCUT2D eigenvalue weighted by Gasteiger charge is -1.97. The fourth-order valence-electron chi connectivity index (χ4n) is 1.52. The Morgan fingerprint density at radius 3 is 2.89 bits per heavy atom. The molecule has 5 heteroatoms. The summed E-state index contributed by atoms with van der Waals surface area (Å²) in [5.74, 6) is 0. The van der Waals surface area contributed by atoms with E-state index in [1.54, 1.807) is 18.2 Å². The number of halogens is 1. The van der Waals surface area contributed by atoms with Gasteiger partial charge in [0.15, 0.2) is 5.43 Å². The summed E-state index contributed by atoms with van der Waals surface area (Å²) >= 11 is 3.29. The van der Waals surface area contributed by atoms with Gasteiger partial charge in [-0.15, -0.1) is 4.91 Å². The third-order valence-electron chi connectivity index (χ3n) is 2.37. The van der Waals surface area contributed by atoms with Crippen LogP contribution in [0.25, 0.3) is 23.6 Å². The van der Waals surface area contributed by atoms with Gasteiger partial charge in [0.05, 0.1) is 16.8 Å². The van der Waals surface area contributed by atoms with Crippen molar-refractivity contribution in [2.75, 3.05) is 0 Å². The van der Waals surface area contributed by atoms with E-state index in [9.17, 15) is 9.70 Å². The van der Waals surface area contributed by atoms with Gasteiger partial charge in [0.1, 0.15) is 11.0 Å². The van der Waals surface area contributed by atoms with Crippen LogP contribution >= 0.6 is 15.9 Å². The molecule has 0 aliphatic rings. The van der Waals surface area contributed by atoms with Gasteiger partial charge in [-0.3, -0.25) is 4.79 Å². The number of fused-ring (bicyclic) bond motifs is 1. The summed E-state index contributed by atoms with van der Waals surface area (Å²) < 4.78 is 6.34. The van der Waals surface area contributed by atoms with Crippen molar-refractivity contribution < 1.29 is 4.42 Å². The largest absolute Gasteiger partial charge is 0.456 e. The van der Waals surface area contributed by atoms with Gasteiger partial charge in [-0.2, -0.15) is 0 Å². The highest BCUT2D eigenvalue weighted by atomic mass is 79.9. The van der Waals surface area contributed by atoms with Gasteiger partial charge in [-0.05, 0) is 35.5 Å². The molecule has 0 atom stereocenters. The van der Waals surface area contributed by atoms with Crippen LogP contribution in [-0.4, -0.2) is 0 Å². The van der Waals surface area contributed by atoms with E-state index in [-0.39, 0.29) is 10.6 Å². The van der Waals surface area contributed by atoms with Crippen LogP contribution in [0.2, 0.25) is 0 Å². The number of rotatable bonds is 2. The molecule has 2 rings (SSSR count). The Labute approximate surface area is 110 Å². The Bertz CT molecular complexity index is 805. The van der Waals surface area contributed by atoms with Crippen LogP contribution in [0.15, 0.2) is 49.3 Å². The lowest BCUT2D eigenvalue weighted by atomic mass is 10.2. The van der Waals surface area contributed by atoms with Crippen molar-refractivity contribution >= 4 is 39.6 Å². The molecule has 1 aromatic carbocycles. The summed E-state index contributed by atoms with van der Waals surface area (Å²) in [7, 11) is 0. The molecule has 0 aliphatic carbocycles. The molecule has 18 heavy (non-hydrogen) atoms. The van der Waals surface area contributed by atoms with Crippen molar-refractivity contribution in [1.82, 2.24) is 0 Å². The van der Waals surface area contributed by atoms with Gasteiger partial charge < -0.3 is 4.42 Å². The van der Waals surface area contributed by atoms with Gasteiger partial charge >= 0.3 is 0 Å². The zero-order chi connectivity index (χ0) is 13.1. The summed E-state index contributed by atoms with van der Waals surface area (Å²) in [5, 5.41) is 3.28. The lowest BCUT2D eigenvalue weighted by Crippen LogP contribution is -2.37. The van der Waals surface area contributed by atoms with Gasteiger partial charge in [0, 0.05) is 4.47 Å². The van der Waals surface area contributed by atoms with Crippen LogP contribution in [0.4, 0.5) is 0 Å². The Morgan fingerprint density at radius 1 is 1.39 bits per heavy atom. The second-order valence-corrected chi connectivity index (χ2v) is 4.44. The summed E-state index contributed by atoms with van der Waals surface area (Å²) in [4.78, 5) is 22.0. The van der Waals surface area contributed by atoms with Crippen LogP contribution < -0.4 is 16.1 Å². The fraction of sp³-hybridized carbons (Fsp3) is 0. The van der Waals surface area contributed by atoms with Crippen molar-refractivity contribution in [3.8, 4) is 0 Å². The van der Waals surface area contributed by atoms with Crippen molar-refractivity contribution in [2.24, 2.45) is 5.18 Å². The molecular weight excluding hydrogens is 298 g/mol. The van der Waals surface area contributed by atoms with Crippen molar-refractivity contribution in [3.63, 3.8) is 0 Å². The second kappa shape index (κ2) is 5.10. The Kier molecular flexibility index (Phi) is 3.53.